The van der Waals surface area contributed by atoms with E-state index in [1.54, 1.807) is 12.1 Å². The molecule has 0 bridgehead atoms. The first-order valence-corrected chi connectivity index (χ1v) is 7.53. The van der Waals surface area contributed by atoms with Crippen molar-refractivity contribution in [1.82, 2.24) is 9.80 Å². The van der Waals surface area contributed by atoms with Crippen LogP contribution in [0.3, 0.4) is 0 Å². The molecule has 5 heteroatoms. The second-order valence-electron chi connectivity index (χ2n) is 5.83. The molecule has 1 aromatic rings. The van der Waals surface area contributed by atoms with Crippen molar-refractivity contribution >= 4 is 5.91 Å². The van der Waals surface area contributed by atoms with Crippen LogP contribution in [0.4, 0.5) is 4.39 Å². The minimum absolute atomic E-state index is 0.119. The van der Waals surface area contributed by atoms with Gasteiger partial charge in [0, 0.05) is 32.7 Å². The lowest BCUT2D eigenvalue weighted by Gasteiger charge is -2.35. The topological polar surface area (TPSA) is 49.6 Å². The molecule has 1 aromatic carbocycles. The highest BCUT2D eigenvalue weighted by Crippen LogP contribution is 2.09. The molecule has 0 saturated carbocycles. The fourth-order valence-corrected chi connectivity index (χ4v) is 2.58. The van der Waals surface area contributed by atoms with Crippen LogP contribution in [0.2, 0.25) is 0 Å². The van der Waals surface area contributed by atoms with Crippen LogP contribution in [-0.4, -0.2) is 55.0 Å². The van der Waals surface area contributed by atoms with Gasteiger partial charge in [0.25, 0.3) is 0 Å². The standard InChI is InChI=1S/C16H24FN3O/c1-13(11-18)12-19-6-8-20(9-7-19)16(21)10-14-2-4-15(17)5-3-14/h2-5,13H,6-12,18H2,1H3. The second-order valence-corrected chi connectivity index (χ2v) is 5.83. The number of hydrogen-bond donors (Lipinski definition) is 1. The maximum atomic E-state index is 12.8. The summed E-state index contributed by atoms with van der Waals surface area (Å²) in [5.74, 6) is 0.341. The van der Waals surface area contributed by atoms with Gasteiger partial charge in [0.05, 0.1) is 6.42 Å². The van der Waals surface area contributed by atoms with Gasteiger partial charge in [-0.15, -0.1) is 0 Å². The van der Waals surface area contributed by atoms with Crippen LogP contribution in [0.15, 0.2) is 24.3 Å². The zero-order valence-corrected chi connectivity index (χ0v) is 12.6. The zero-order chi connectivity index (χ0) is 15.2. The Bertz CT molecular complexity index is 455. The highest BCUT2D eigenvalue weighted by Gasteiger charge is 2.21. The first-order chi connectivity index (χ1) is 10.1. The first kappa shape index (κ1) is 15.9. The lowest BCUT2D eigenvalue weighted by atomic mass is 10.1. The highest BCUT2D eigenvalue weighted by atomic mass is 19.1. The van der Waals surface area contributed by atoms with E-state index >= 15 is 0 Å². The summed E-state index contributed by atoms with van der Waals surface area (Å²) < 4.78 is 12.8. The Hall–Kier alpha value is -1.46. The molecule has 2 rings (SSSR count). The molecule has 0 radical (unpaired) electrons. The minimum atomic E-state index is -0.270. The summed E-state index contributed by atoms with van der Waals surface area (Å²) >= 11 is 0. The van der Waals surface area contributed by atoms with Crippen molar-refractivity contribution in [2.45, 2.75) is 13.3 Å². The van der Waals surface area contributed by atoms with Crippen LogP contribution in [0.5, 0.6) is 0 Å². The predicted octanol–water partition coefficient (Wildman–Crippen LogP) is 1.11. The van der Waals surface area contributed by atoms with Crippen molar-refractivity contribution in [2.75, 3.05) is 39.3 Å². The van der Waals surface area contributed by atoms with Crippen LogP contribution in [-0.2, 0) is 11.2 Å². The number of rotatable bonds is 5. The average molecular weight is 293 g/mol. The summed E-state index contributed by atoms with van der Waals surface area (Å²) in [4.78, 5) is 16.5. The summed E-state index contributed by atoms with van der Waals surface area (Å²) in [7, 11) is 0. The number of nitrogens with zero attached hydrogens (tertiary/aromatic N) is 2. The maximum Gasteiger partial charge on any atom is 0.227 e. The number of halogens is 1. The third-order valence-electron chi connectivity index (χ3n) is 3.97. The minimum Gasteiger partial charge on any atom is -0.340 e. The Labute approximate surface area is 125 Å². The van der Waals surface area contributed by atoms with Crippen LogP contribution < -0.4 is 5.73 Å². The van der Waals surface area contributed by atoms with Gasteiger partial charge in [-0.1, -0.05) is 19.1 Å². The largest absolute Gasteiger partial charge is 0.340 e. The van der Waals surface area contributed by atoms with Crippen molar-refractivity contribution in [3.05, 3.63) is 35.6 Å². The Morgan fingerprint density at radius 3 is 2.43 bits per heavy atom. The van der Waals surface area contributed by atoms with E-state index < -0.39 is 0 Å². The average Bonchev–Trinajstić information content (AvgIpc) is 2.50. The molecule has 1 aliphatic heterocycles. The molecule has 116 valence electrons. The first-order valence-electron chi connectivity index (χ1n) is 7.53. The van der Waals surface area contributed by atoms with Gasteiger partial charge < -0.3 is 10.6 Å². The third-order valence-corrected chi connectivity index (χ3v) is 3.97. The van der Waals surface area contributed by atoms with Crippen molar-refractivity contribution in [2.24, 2.45) is 11.7 Å². The molecule has 21 heavy (non-hydrogen) atoms. The van der Waals surface area contributed by atoms with E-state index in [0.29, 0.717) is 18.9 Å². The number of nitrogens with two attached hydrogens (primary N) is 1. The molecular formula is C16H24FN3O. The molecule has 1 amide bonds. The molecule has 1 aliphatic rings. The van der Waals surface area contributed by atoms with E-state index in [2.05, 4.69) is 11.8 Å². The number of hydrogen-bond acceptors (Lipinski definition) is 3. The summed E-state index contributed by atoms with van der Waals surface area (Å²) in [6.45, 7) is 7.17. The van der Waals surface area contributed by atoms with Crippen molar-refractivity contribution < 1.29 is 9.18 Å². The number of benzene rings is 1. The third kappa shape index (κ3) is 4.79. The van der Waals surface area contributed by atoms with Gasteiger partial charge in [0.2, 0.25) is 5.91 Å². The fourth-order valence-electron chi connectivity index (χ4n) is 2.58. The monoisotopic (exact) mass is 293 g/mol. The fraction of sp³-hybridized carbons (Fsp3) is 0.562. The molecule has 1 fully saturated rings. The Balaban J connectivity index is 1.79. The van der Waals surface area contributed by atoms with Gasteiger partial charge in [-0.05, 0) is 30.2 Å². The van der Waals surface area contributed by atoms with Gasteiger partial charge >= 0.3 is 0 Å². The smallest absolute Gasteiger partial charge is 0.227 e. The molecule has 1 unspecified atom stereocenters. The van der Waals surface area contributed by atoms with Crippen LogP contribution in [0.1, 0.15) is 12.5 Å². The lowest BCUT2D eigenvalue weighted by Crippen LogP contribution is -2.50. The van der Waals surface area contributed by atoms with E-state index in [1.165, 1.54) is 12.1 Å². The van der Waals surface area contributed by atoms with E-state index in [-0.39, 0.29) is 11.7 Å². The molecule has 0 aliphatic carbocycles. The number of carbonyl (C=O) groups is 1. The molecule has 1 heterocycles. The molecule has 4 nitrogen and oxygen atoms in total. The number of piperazine rings is 1. The van der Waals surface area contributed by atoms with Crippen LogP contribution in [0, 0.1) is 11.7 Å². The quantitative estimate of drug-likeness (QED) is 0.884. The molecule has 2 N–H and O–H groups in total. The Morgan fingerprint density at radius 1 is 1.24 bits per heavy atom. The van der Waals surface area contributed by atoms with Crippen molar-refractivity contribution in [1.29, 1.82) is 0 Å². The highest BCUT2D eigenvalue weighted by molar-refractivity contribution is 5.78. The van der Waals surface area contributed by atoms with E-state index in [9.17, 15) is 9.18 Å². The SMILES string of the molecule is CC(CN)CN1CCN(C(=O)Cc2ccc(F)cc2)CC1. The van der Waals surface area contributed by atoms with Crippen molar-refractivity contribution in [3.8, 4) is 0 Å². The molecule has 1 atom stereocenters. The van der Waals surface area contributed by atoms with Gasteiger partial charge in [-0.3, -0.25) is 9.69 Å². The normalized spacial score (nSPS) is 17.8. The Kier molecular flexibility index (Phi) is 5.70. The van der Waals surface area contributed by atoms with E-state index in [4.69, 9.17) is 5.73 Å². The predicted molar refractivity (Wildman–Crippen MR) is 81.3 cm³/mol. The Morgan fingerprint density at radius 2 is 1.86 bits per heavy atom. The number of carbonyl (C=O) groups excluding carboxylic acids is 1. The summed E-state index contributed by atoms with van der Waals surface area (Å²) in [6.07, 6.45) is 0.347. The maximum absolute atomic E-state index is 12.8. The van der Waals surface area contributed by atoms with Gasteiger partial charge in [-0.2, -0.15) is 0 Å². The molecular weight excluding hydrogens is 269 g/mol. The summed E-state index contributed by atoms with van der Waals surface area (Å²) in [5, 5.41) is 0. The molecule has 0 aromatic heterocycles. The second kappa shape index (κ2) is 7.52. The number of amides is 1. The summed E-state index contributed by atoms with van der Waals surface area (Å²) in [5.41, 5.74) is 6.51. The van der Waals surface area contributed by atoms with Gasteiger partial charge in [-0.25, -0.2) is 4.39 Å². The molecule has 1 saturated heterocycles. The summed E-state index contributed by atoms with van der Waals surface area (Å²) in [6, 6.07) is 6.14. The van der Waals surface area contributed by atoms with Gasteiger partial charge in [0.1, 0.15) is 5.82 Å². The lowest BCUT2D eigenvalue weighted by molar-refractivity contribution is -0.132. The van der Waals surface area contributed by atoms with Gasteiger partial charge in [0.15, 0.2) is 0 Å². The van der Waals surface area contributed by atoms with Crippen molar-refractivity contribution in [3.63, 3.8) is 0 Å². The van der Waals surface area contributed by atoms with E-state index in [1.807, 2.05) is 4.90 Å². The zero-order valence-electron chi connectivity index (χ0n) is 12.6. The van der Waals surface area contributed by atoms with E-state index in [0.717, 1.165) is 38.3 Å². The van der Waals surface area contributed by atoms with Crippen LogP contribution in [0.25, 0.3) is 0 Å². The van der Waals surface area contributed by atoms with Crippen LogP contribution >= 0.6 is 0 Å². The molecule has 0 spiro atoms.